The molecule has 0 saturated heterocycles. The first-order valence-electron chi connectivity index (χ1n) is 4.76. The van der Waals surface area contributed by atoms with Crippen LogP contribution in [0.25, 0.3) is 0 Å². The van der Waals surface area contributed by atoms with Crippen LogP contribution < -0.4 is 0 Å². The monoisotopic (exact) mass is 308 g/mol. The fraction of sp³-hybridized carbons (Fsp3) is 1.00. The molecule has 0 radical (unpaired) electrons. The third kappa shape index (κ3) is 11.7. The van der Waals surface area contributed by atoms with Crippen molar-refractivity contribution in [1.82, 2.24) is 0 Å². The molecule has 0 rings (SSSR count). The van der Waals surface area contributed by atoms with Crippen LogP contribution >= 0.6 is 17.9 Å². The van der Waals surface area contributed by atoms with Crippen molar-refractivity contribution >= 4 is 28.9 Å². The minimum absolute atomic E-state index is 0. The quantitative estimate of drug-likeness (QED) is 0.346. The Bertz CT molecular complexity index is 176. The summed E-state index contributed by atoms with van der Waals surface area (Å²) in [6.07, 6.45) is 4.78. The first-order chi connectivity index (χ1) is 5.99. The van der Waals surface area contributed by atoms with Crippen molar-refractivity contribution in [3.63, 3.8) is 0 Å². The molecule has 2 N–H and O–H groups in total. The Morgan fingerprint density at radius 2 is 1.93 bits per heavy atom. The van der Waals surface area contributed by atoms with E-state index in [1.54, 1.807) is 0 Å². The third-order valence-corrected chi connectivity index (χ3v) is 5.90. The van der Waals surface area contributed by atoms with Crippen LogP contribution in [0.4, 0.5) is 0 Å². The van der Waals surface area contributed by atoms with E-state index in [0.717, 1.165) is 12.2 Å². The zero-order valence-corrected chi connectivity index (χ0v) is 14.7. The van der Waals surface area contributed by atoms with Crippen molar-refractivity contribution in [2.75, 3.05) is 5.75 Å². The molecule has 0 saturated carbocycles. The molecule has 0 aromatic rings. The molecule has 0 aliphatic rings. The van der Waals surface area contributed by atoms with Gasteiger partial charge in [-0.3, -0.25) is 0 Å². The zero-order valence-electron chi connectivity index (χ0n) is 9.06. The van der Waals surface area contributed by atoms with Gasteiger partial charge in [0.2, 0.25) is 0 Å². The second kappa shape index (κ2) is 9.87. The Labute approximate surface area is 109 Å². The molecule has 0 amide bonds. The van der Waals surface area contributed by atoms with E-state index in [0.29, 0.717) is 16.9 Å². The van der Waals surface area contributed by atoms with Crippen molar-refractivity contribution in [1.29, 1.82) is 0 Å². The van der Waals surface area contributed by atoms with Crippen LogP contribution in [0.3, 0.4) is 0 Å². The van der Waals surface area contributed by atoms with Crippen molar-refractivity contribution < 1.29 is 29.3 Å². The molecule has 1 atom stereocenters. The van der Waals surface area contributed by atoms with Gasteiger partial charge in [0.25, 0.3) is 0 Å². The van der Waals surface area contributed by atoms with Crippen molar-refractivity contribution in [3.05, 3.63) is 0 Å². The molecular formula is C8H21O2PS2Zn. The van der Waals surface area contributed by atoms with Crippen LogP contribution in [0.5, 0.6) is 0 Å². The SMILES string of the molecule is CCCCC(CC)C[SH]=P(O)(O)S.[Zn]. The van der Waals surface area contributed by atoms with Gasteiger partial charge in [-0.05, 0) is 18.1 Å². The van der Waals surface area contributed by atoms with Gasteiger partial charge in [-0.1, -0.05) is 45.4 Å². The molecule has 1 unspecified atom stereocenters. The third-order valence-electron chi connectivity index (χ3n) is 2.07. The predicted molar refractivity (Wildman–Crippen MR) is 67.3 cm³/mol. The summed E-state index contributed by atoms with van der Waals surface area (Å²) in [7, 11) is 0.715. The van der Waals surface area contributed by atoms with E-state index < -0.39 is 5.69 Å². The van der Waals surface area contributed by atoms with Crippen LogP contribution in [0.2, 0.25) is 0 Å². The zero-order chi connectivity index (χ0) is 10.3. The summed E-state index contributed by atoms with van der Waals surface area (Å²) in [5, 5.41) is 0. The summed E-state index contributed by atoms with van der Waals surface area (Å²) in [4.78, 5) is 18.2. The maximum Gasteiger partial charge on any atom is 0.196 e. The molecule has 0 heterocycles. The topological polar surface area (TPSA) is 40.5 Å². The Morgan fingerprint density at radius 3 is 2.29 bits per heavy atom. The minimum atomic E-state index is -2.85. The van der Waals surface area contributed by atoms with Crippen LogP contribution in [0.15, 0.2) is 0 Å². The van der Waals surface area contributed by atoms with Gasteiger partial charge in [-0.2, -0.15) is 0 Å². The molecule has 2 nitrogen and oxygen atoms in total. The predicted octanol–water partition coefficient (Wildman–Crippen LogP) is 2.61. The summed E-state index contributed by atoms with van der Waals surface area (Å²) in [6, 6.07) is 0. The van der Waals surface area contributed by atoms with E-state index in [2.05, 4.69) is 26.1 Å². The summed E-state index contributed by atoms with van der Waals surface area (Å²) < 4.78 is 0. The number of unbranched alkanes of at least 4 members (excludes halogenated alkanes) is 1. The maximum atomic E-state index is 9.11. The first kappa shape index (κ1) is 18.0. The van der Waals surface area contributed by atoms with Crippen molar-refractivity contribution in [2.45, 2.75) is 39.5 Å². The molecule has 14 heavy (non-hydrogen) atoms. The molecule has 0 aromatic heterocycles. The van der Waals surface area contributed by atoms with Gasteiger partial charge in [0, 0.05) is 19.5 Å². The Hall–Kier alpha value is 1.67. The molecule has 0 bridgehead atoms. The average Bonchev–Trinajstić information content (AvgIpc) is 2.03. The molecule has 6 heteroatoms. The van der Waals surface area contributed by atoms with Crippen LogP contribution in [-0.2, 0) is 30.4 Å². The van der Waals surface area contributed by atoms with Gasteiger partial charge in [-0.15, -0.1) is 10.9 Å². The van der Waals surface area contributed by atoms with Gasteiger partial charge in [0.1, 0.15) is 0 Å². The van der Waals surface area contributed by atoms with E-state index in [1.165, 1.54) is 19.3 Å². The largest absolute Gasteiger partial charge is 0.342 e. The molecule has 84 valence electrons. The van der Waals surface area contributed by atoms with Crippen molar-refractivity contribution in [3.8, 4) is 0 Å². The van der Waals surface area contributed by atoms with E-state index in [9.17, 15) is 0 Å². The van der Waals surface area contributed by atoms with Crippen LogP contribution in [0.1, 0.15) is 39.5 Å². The molecular weight excluding hydrogens is 289 g/mol. The number of thiol groups is 2. The molecule has 0 aliphatic carbocycles. The second-order valence-corrected chi connectivity index (χ2v) is 10.1. The van der Waals surface area contributed by atoms with Crippen molar-refractivity contribution in [2.24, 2.45) is 5.92 Å². The summed E-state index contributed by atoms with van der Waals surface area (Å²) >= 11 is 3.77. The number of rotatable bonds is 6. The van der Waals surface area contributed by atoms with E-state index in [4.69, 9.17) is 9.79 Å². The molecule has 0 spiro atoms. The summed E-state index contributed by atoms with van der Waals surface area (Å²) in [5.74, 6) is 1.51. The maximum absolute atomic E-state index is 9.11. The Balaban J connectivity index is 0. The first-order valence-corrected chi connectivity index (χ1v) is 9.39. The Kier molecular flexibility index (Phi) is 12.7. The van der Waals surface area contributed by atoms with Gasteiger partial charge in [-0.25, -0.2) is 0 Å². The standard InChI is InChI=1S/C8H21O2PS2.Zn/c1-3-5-6-8(4-2)7-13-11(9,10)12;/h8-10,12-13H,3-7H2,1-2H3;. The van der Waals surface area contributed by atoms with Crippen LogP contribution in [-0.4, -0.2) is 15.5 Å². The van der Waals surface area contributed by atoms with Gasteiger partial charge < -0.3 is 9.79 Å². The second-order valence-electron chi connectivity index (χ2n) is 3.28. The van der Waals surface area contributed by atoms with Gasteiger partial charge in [0.05, 0.1) is 0 Å². The fourth-order valence-corrected chi connectivity index (χ4v) is 4.04. The average molecular weight is 310 g/mol. The smallest absolute Gasteiger partial charge is 0.196 e. The number of hydrogen-bond donors (Lipinski definition) is 4. The van der Waals surface area contributed by atoms with E-state index in [1.807, 2.05) is 0 Å². The fourth-order valence-electron chi connectivity index (χ4n) is 1.14. The van der Waals surface area contributed by atoms with E-state index in [-0.39, 0.29) is 19.5 Å². The Morgan fingerprint density at radius 1 is 1.36 bits per heavy atom. The van der Waals surface area contributed by atoms with Gasteiger partial charge in [0.15, 0.2) is 5.69 Å². The normalized spacial score (nSPS) is 13.5. The minimum Gasteiger partial charge on any atom is -0.342 e. The molecule has 0 fully saturated rings. The van der Waals surface area contributed by atoms with E-state index >= 15 is 0 Å². The summed E-state index contributed by atoms with van der Waals surface area (Å²) in [6.45, 7) is 4.33. The summed E-state index contributed by atoms with van der Waals surface area (Å²) in [5.41, 5.74) is -2.85. The van der Waals surface area contributed by atoms with Gasteiger partial charge >= 0.3 is 0 Å². The molecule has 0 aliphatic heterocycles. The van der Waals surface area contributed by atoms with Crippen LogP contribution in [0, 0.1) is 5.92 Å². The number of hydrogen-bond acceptors (Lipinski definition) is 0. The molecule has 0 aromatic carbocycles.